The van der Waals surface area contributed by atoms with E-state index < -0.39 is 0 Å². The van der Waals surface area contributed by atoms with Gasteiger partial charge < -0.3 is 9.84 Å². The van der Waals surface area contributed by atoms with Crippen molar-refractivity contribution in [2.45, 2.75) is 32.7 Å². The van der Waals surface area contributed by atoms with Crippen LogP contribution in [0.5, 0.6) is 0 Å². The fourth-order valence-electron chi connectivity index (χ4n) is 1.54. The number of unbranched alkanes of at least 4 members (excludes halogenated alkanes) is 1. The highest BCUT2D eigenvalue weighted by Gasteiger charge is 2.09. The predicted molar refractivity (Wildman–Crippen MR) is 68.9 cm³/mol. The Kier molecular flexibility index (Phi) is 4.60. The number of nitrogens with zero attached hydrogens (tertiary/aromatic N) is 3. The SMILES string of the molecule is CCCCC(=O)NCc1nc(-c2ccncc2)no1. The summed E-state index contributed by atoms with van der Waals surface area (Å²) in [5, 5.41) is 6.61. The molecule has 6 nitrogen and oxygen atoms in total. The van der Waals surface area contributed by atoms with Gasteiger partial charge in [-0.05, 0) is 18.6 Å². The highest BCUT2D eigenvalue weighted by Crippen LogP contribution is 2.13. The highest BCUT2D eigenvalue weighted by atomic mass is 16.5. The van der Waals surface area contributed by atoms with Crippen LogP contribution in [-0.4, -0.2) is 21.0 Å². The van der Waals surface area contributed by atoms with Gasteiger partial charge in [0.2, 0.25) is 17.6 Å². The summed E-state index contributed by atoms with van der Waals surface area (Å²) in [5.74, 6) is 0.905. The minimum atomic E-state index is 0.00510. The van der Waals surface area contributed by atoms with E-state index in [0.29, 0.717) is 18.1 Å². The van der Waals surface area contributed by atoms with Crippen molar-refractivity contribution in [3.63, 3.8) is 0 Å². The lowest BCUT2D eigenvalue weighted by Gasteiger charge is -2.00. The third kappa shape index (κ3) is 3.87. The molecule has 2 rings (SSSR count). The van der Waals surface area contributed by atoms with Gasteiger partial charge in [-0.1, -0.05) is 18.5 Å². The van der Waals surface area contributed by atoms with Gasteiger partial charge in [0, 0.05) is 24.4 Å². The van der Waals surface area contributed by atoms with Crippen LogP contribution in [0.2, 0.25) is 0 Å². The zero-order valence-corrected chi connectivity index (χ0v) is 10.8. The number of hydrogen-bond donors (Lipinski definition) is 1. The first-order valence-corrected chi connectivity index (χ1v) is 6.29. The van der Waals surface area contributed by atoms with Crippen LogP contribution in [0, 0.1) is 0 Å². The maximum absolute atomic E-state index is 11.4. The van der Waals surface area contributed by atoms with E-state index in [2.05, 4.69) is 20.4 Å². The molecule has 2 heterocycles. The summed E-state index contributed by atoms with van der Waals surface area (Å²) in [7, 11) is 0. The number of carbonyl (C=O) groups is 1. The van der Waals surface area contributed by atoms with Gasteiger partial charge in [0.05, 0.1) is 6.54 Å². The fourth-order valence-corrected chi connectivity index (χ4v) is 1.54. The molecule has 100 valence electrons. The van der Waals surface area contributed by atoms with Crippen LogP contribution >= 0.6 is 0 Å². The van der Waals surface area contributed by atoms with E-state index in [0.717, 1.165) is 18.4 Å². The van der Waals surface area contributed by atoms with Crippen molar-refractivity contribution < 1.29 is 9.32 Å². The standard InChI is InChI=1S/C13H16N4O2/c1-2-3-4-11(18)15-9-12-16-13(17-19-12)10-5-7-14-8-6-10/h5-8H,2-4,9H2,1H3,(H,15,18). The summed E-state index contributed by atoms with van der Waals surface area (Å²) in [4.78, 5) is 19.6. The molecule has 0 unspecified atom stereocenters. The fraction of sp³-hybridized carbons (Fsp3) is 0.385. The summed E-state index contributed by atoms with van der Waals surface area (Å²) in [6, 6.07) is 3.60. The molecular weight excluding hydrogens is 244 g/mol. The van der Waals surface area contributed by atoms with Crippen LogP contribution < -0.4 is 5.32 Å². The number of hydrogen-bond acceptors (Lipinski definition) is 5. The Morgan fingerprint density at radius 1 is 1.37 bits per heavy atom. The summed E-state index contributed by atoms with van der Waals surface area (Å²) in [6.45, 7) is 2.31. The van der Waals surface area contributed by atoms with Gasteiger partial charge in [0.1, 0.15) is 0 Å². The number of amides is 1. The van der Waals surface area contributed by atoms with Gasteiger partial charge in [0.15, 0.2) is 0 Å². The van der Waals surface area contributed by atoms with Gasteiger partial charge in [-0.25, -0.2) is 0 Å². The molecule has 1 N–H and O–H groups in total. The zero-order valence-electron chi connectivity index (χ0n) is 10.8. The molecule has 2 aromatic rings. The van der Waals surface area contributed by atoms with Crippen LogP contribution in [-0.2, 0) is 11.3 Å². The minimum absolute atomic E-state index is 0.00510. The van der Waals surface area contributed by atoms with Gasteiger partial charge in [-0.15, -0.1) is 0 Å². The average Bonchev–Trinajstić information content (AvgIpc) is 2.93. The normalized spacial score (nSPS) is 10.4. The molecule has 0 aromatic carbocycles. The third-order valence-corrected chi connectivity index (χ3v) is 2.60. The van der Waals surface area contributed by atoms with Crippen molar-refractivity contribution >= 4 is 5.91 Å². The number of pyridine rings is 1. The molecule has 1 amide bonds. The molecule has 6 heteroatoms. The van der Waals surface area contributed by atoms with E-state index in [1.807, 2.05) is 6.92 Å². The van der Waals surface area contributed by atoms with Crippen molar-refractivity contribution in [1.29, 1.82) is 0 Å². The molecule has 0 spiro atoms. The number of aromatic nitrogens is 3. The Morgan fingerprint density at radius 3 is 2.89 bits per heavy atom. The molecule has 0 aliphatic rings. The monoisotopic (exact) mass is 260 g/mol. The van der Waals surface area contributed by atoms with E-state index in [4.69, 9.17) is 4.52 Å². The second kappa shape index (κ2) is 6.63. The van der Waals surface area contributed by atoms with Gasteiger partial charge in [0.25, 0.3) is 0 Å². The third-order valence-electron chi connectivity index (χ3n) is 2.60. The van der Waals surface area contributed by atoms with Crippen LogP contribution in [0.25, 0.3) is 11.4 Å². The summed E-state index contributed by atoms with van der Waals surface area (Å²) >= 11 is 0. The zero-order chi connectivity index (χ0) is 13.5. The summed E-state index contributed by atoms with van der Waals surface area (Å²) in [6.07, 6.45) is 5.75. The summed E-state index contributed by atoms with van der Waals surface area (Å²) in [5.41, 5.74) is 0.835. The second-order valence-corrected chi connectivity index (χ2v) is 4.13. The lowest BCUT2D eigenvalue weighted by atomic mass is 10.2. The number of nitrogens with one attached hydrogen (secondary N) is 1. The first kappa shape index (κ1) is 13.2. The number of rotatable bonds is 6. The van der Waals surface area contributed by atoms with Gasteiger partial charge in [-0.3, -0.25) is 9.78 Å². The molecule has 0 radical (unpaired) electrons. The maximum atomic E-state index is 11.4. The Bertz CT molecular complexity index is 524. The Morgan fingerprint density at radius 2 is 2.16 bits per heavy atom. The molecule has 0 aliphatic heterocycles. The van der Waals surface area contributed by atoms with Crippen LogP contribution in [0.15, 0.2) is 29.0 Å². The summed E-state index contributed by atoms with van der Waals surface area (Å²) < 4.78 is 5.08. The van der Waals surface area contributed by atoms with Crippen LogP contribution in [0.4, 0.5) is 0 Å². The molecule has 19 heavy (non-hydrogen) atoms. The molecule has 0 fully saturated rings. The van der Waals surface area contributed by atoms with Gasteiger partial charge >= 0.3 is 0 Å². The maximum Gasteiger partial charge on any atom is 0.246 e. The van der Waals surface area contributed by atoms with Crippen molar-refractivity contribution in [3.05, 3.63) is 30.4 Å². The number of carbonyl (C=O) groups excluding carboxylic acids is 1. The van der Waals surface area contributed by atoms with E-state index in [-0.39, 0.29) is 12.5 Å². The first-order chi connectivity index (χ1) is 9.29. The second-order valence-electron chi connectivity index (χ2n) is 4.13. The lowest BCUT2D eigenvalue weighted by molar-refractivity contribution is -0.121. The van der Waals surface area contributed by atoms with Gasteiger partial charge in [-0.2, -0.15) is 4.98 Å². The van der Waals surface area contributed by atoms with Crippen molar-refractivity contribution in [2.24, 2.45) is 0 Å². The molecule has 0 bridgehead atoms. The molecule has 0 saturated heterocycles. The lowest BCUT2D eigenvalue weighted by Crippen LogP contribution is -2.22. The molecule has 0 atom stereocenters. The largest absolute Gasteiger partial charge is 0.347 e. The Balaban J connectivity index is 1.90. The van der Waals surface area contributed by atoms with Crippen LogP contribution in [0.1, 0.15) is 32.1 Å². The average molecular weight is 260 g/mol. The molecule has 0 saturated carbocycles. The van der Waals surface area contributed by atoms with E-state index in [1.165, 1.54) is 0 Å². The van der Waals surface area contributed by atoms with Crippen molar-refractivity contribution in [3.8, 4) is 11.4 Å². The van der Waals surface area contributed by atoms with E-state index >= 15 is 0 Å². The Labute approximate surface area is 111 Å². The van der Waals surface area contributed by atoms with E-state index in [9.17, 15) is 4.79 Å². The predicted octanol–water partition coefficient (Wildman–Crippen LogP) is 1.94. The first-order valence-electron chi connectivity index (χ1n) is 6.29. The highest BCUT2D eigenvalue weighted by molar-refractivity contribution is 5.75. The molecular formula is C13H16N4O2. The smallest absolute Gasteiger partial charge is 0.246 e. The molecule has 2 aromatic heterocycles. The minimum Gasteiger partial charge on any atom is -0.347 e. The quantitative estimate of drug-likeness (QED) is 0.858. The van der Waals surface area contributed by atoms with E-state index in [1.54, 1.807) is 24.5 Å². The molecule has 0 aliphatic carbocycles. The van der Waals surface area contributed by atoms with Crippen molar-refractivity contribution in [1.82, 2.24) is 20.4 Å². The Hall–Kier alpha value is -2.24. The van der Waals surface area contributed by atoms with Crippen LogP contribution in [0.3, 0.4) is 0 Å². The topological polar surface area (TPSA) is 80.9 Å². The van der Waals surface area contributed by atoms with Crippen molar-refractivity contribution in [2.75, 3.05) is 0 Å².